The van der Waals surface area contributed by atoms with Crippen LogP contribution in [0.15, 0.2) is 0 Å². The molecule has 2 amide bonds. The van der Waals surface area contributed by atoms with Crippen LogP contribution in [0.1, 0.15) is 33.6 Å². The fourth-order valence-corrected chi connectivity index (χ4v) is 2.65. The summed E-state index contributed by atoms with van der Waals surface area (Å²) in [6.07, 6.45) is 2.33. The summed E-state index contributed by atoms with van der Waals surface area (Å²) in [6, 6.07) is -0.119. The molecule has 6 nitrogen and oxygen atoms in total. The Morgan fingerprint density at radius 2 is 1.96 bits per heavy atom. The molecule has 0 radical (unpaired) electrons. The van der Waals surface area contributed by atoms with Crippen molar-refractivity contribution >= 4 is 36.6 Å². The lowest BCUT2D eigenvalue weighted by molar-refractivity contribution is -0.132. The van der Waals surface area contributed by atoms with Crippen LogP contribution >= 0.6 is 24.8 Å². The van der Waals surface area contributed by atoms with Gasteiger partial charge in [0.2, 0.25) is 11.8 Å². The highest BCUT2D eigenvalue weighted by molar-refractivity contribution is 5.87. The molecule has 0 aliphatic carbocycles. The van der Waals surface area contributed by atoms with Crippen LogP contribution in [-0.2, 0) is 9.59 Å². The Balaban J connectivity index is 0. The molecule has 0 aromatic carbocycles. The average Bonchev–Trinajstić information content (AvgIpc) is 2.90. The quantitative estimate of drug-likeness (QED) is 0.696. The maximum Gasteiger partial charge on any atom is 0.241 e. The first-order valence-electron chi connectivity index (χ1n) is 7.88. The minimum atomic E-state index is -0.562. The highest BCUT2D eigenvalue weighted by Gasteiger charge is 2.26. The third-order valence-electron chi connectivity index (χ3n) is 4.25. The number of hydrogen-bond acceptors (Lipinski definition) is 4. The zero-order chi connectivity index (χ0) is 16.0. The second-order valence-electron chi connectivity index (χ2n) is 6.19. The highest BCUT2D eigenvalue weighted by Crippen LogP contribution is 2.17. The van der Waals surface area contributed by atoms with E-state index < -0.39 is 6.04 Å². The van der Waals surface area contributed by atoms with Gasteiger partial charge in [-0.25, -0.2) is 0 Å². The van der Waals surface area contributed by atoms with Gasteiger partial charge in [-0.05, 0) is 31.8 Å². The van der Waals surface area contributed by atoms with Gasteiger partial charge in [0.1, 0.15) is 0 Å². The van der Waals surface area contributed by atoms with Crippen LogP contribution in [0.5, 0.6) is 0 Å². The summed E-state index contributed by atoms with van der Waals surface area (Å²) in [7, 11) is 1.79. The number of likely N-dealkylation sites (tertiary alicyclic amines) is 1. The summed E-state index contributed by atoms with van der Waals surface area (Å²) in [5, 5.41) is 2.63. The second kappa shape index (κ2) is 11.9. The Kier molecular flexibility index (Phi) is 12.8. The topological polar surface area (TPSA) is 78.7 Å². The maximum atomic E-state index is 12.1. The number of amides is 2. The number of hydrogen-bond donors (Lipinski definition) is 2. The summed E-state index contributed by atoms with van der Waals surface area (Å²) in [5.41, 5.74) is 5.75. The van der Waals surface area contributed by atoms with E-state index in [9.17, 15) is 9.59 Å². The lowest BCUT2D eigenvalue weighted by Crippen LogP contribution is -2.49. The van der Waals surface area contributed by atoms with Gasteiger partial charge in [0.25, 0.3) is 0 Å². The normalized spacial score (nSPS) is 18.8. The number of halogens is 2. The van der Waals surface area contributed by atoms with Gasteiger partial charge in [-0.15, -0.1) is 24.8 Å². The largest absolute Gasteiger partial charge is 0.346 e. The number of nitrogens with one attached hydrogen (secondary N) is 1. The van der Waals surface area contributed by atoms with E-state index in [2.05, 4.69) is 17.1 Å². The smallest absolute Gasteiger partial charge is 0.241 e. The molecule has 1 saturated heterocycles. The number of carbonyl (C=O) groups is 2. The van der Waals surface area contributed by atoms with Crippen LogP contribution in [0.2, 0.25) is 0 Å². The first-order valence-corrected chi connectivity index (χ1v) is 7.88. The summed E-state index contributed by atoms with van der Waals surface area (Å²) >= 11 is 0. The maximum absolute atomic E-state index is 12.1. The molecule has 1 heterocycles. The van der Waals surface area contributed by atoms with Gasteiger partial charge in [0, 0.05) is 19.6 Å². The molecule has 8 heteroatoms. The van der Waals surface area contributed by atoms with Crippen molar-refractivity contribution in [2.45, 2.75) is 45.7 Å². The number of nitrogens with zero attached hydrogens (tertiary/aromatic N) is 2. The van der Waals surface area contributed by atoms with Crippen molar-refractivity contribution in [3.05, 3.63) is 0 Å². The molecule has 0 spiro atoms. The van der Waals surface area contributed by atoms with E-state index in [1.807, 2.05) is 13.8 Å². The summed E-state index contributed by atoms with van der Waals surface area (Å²) in [6.45, 7) is 8.80. The Morgan fingerprint density at radius 3 is 2.48 bits per heavy atom. The Bertz CT molecular complexity index is 369. The van der Waals surface area contributed by atoms with Gasteiger partial charge >= 0.3 is 0 Å². The molecule has 23 heavy (non-hydrogen) atoms. The summed E-state index contributed by atoms with van der Waals surface area (Å²) in [5.74, 6) is -0.264. The molecule has 0 aromatic rings. The Morgan fingerprint density at radius 1 is 1.35 bits per heavy atom. The number of likely N-dealkylation sites (N-methyl/N-ethyl adjacent to an activating group) is 2. The Labute approximate surface area is 152 Å². The van der Waals surface area contributed by atoms with E-state index in [0.29, 0.717) is 6.04 Å². The standard InChI is InChI=1S/C15H30N4O2.2ClH/c1-5-19-8-6-7-12(19)10-18(4)13(20)9-17-15(21)14(16)11(2)3;;/h11-12,14H,5-10,16H2,1-4H3,(H,17,21);2*1H/t12?,14-;;/m0../s1. The molecule has 138 valence electrons. The molecule has 3 N–H and O–H groups in total. The van der Waals surface area contributed by atoms with Crippen LogP contribution in [0.4, 0.5) is 0 Å². The molecular formula is C15H32Cl2N4O2. The van der Waals surface area contributed by atoms with Crippen molar-refractivity contribution < 1.29 is 9.59 Å². The van der Waals surface area contributed by atoms with E-state index in [4.69, 9.17) is 5.73 Å². The SMILES string of the molecule is CCN1CCCC1CN(C)C(=O)CNC(=O)[C@@H](N)C(C)C.Cl.Cl. The van der Waals surface area contributed by atoms with Gasteiger partial charge in [0.05, 0.1) is 12.6 Å². The van der Waals surface area contributed by atoms with Crippen LogP contribution in [-0.4, -0.2) is 66.9 Å². The van der Waals surface area contributed by atoms with Crippen LogP contribution in [0, 0.1) is 5.92 Å². The van der Waals surface area contributed by atoms with Crippen molar-refractivity contribution in [2.24, 2.45) is 11.7 Å². The third kappa shape index (κ3) is 7.70. The first kappa shape index (κ1) is 24.7. The van der Waals surface area contributed by atoms with Gasteiger partial charge in [-0.1, -0.05) is 20.8 Å². The van der Waals surface area contributed by atoms with Gasteiger partial charge in [-0.2, -0.15) is 0 Å². The van der Waals surface area contributed by atoms with Crippen LogP contribution in [0.3, 0.4) is 0 Å². The fraction of sp³-hybridized carbons (Fsp3) is 0.867. The molecule has 1 rings (SSSR count). The third-order valence-corrected chi connectivity index (χ3v) is 4.25. The number of nitrogens with two attached hydrogens (primary N) is 1. The van der Waals surface area contributed by atoms with Gasteiger partial charge in [0.15, 0.2) is 0 Å². The Hall–Kier alpha value is -0.560. The van der Waals surface area contributed by atoms with Crippen molar-refractivity contribution in [3.8, 4) is 0 Å². The van der Waals surface area contributed by atoms with E-state index in [0.717, 1.165) is 26.1 Å². The average molecular weight is 371 g/mol. The number of rotatable bonds is 7. The van der Waals surface area contributed by atoms with Crippen LogP contribution in [0.25, 0.3) is 0 Å². The second-order valence-corrected chi connectivity index (χ2v) is 6.19. The summed E-state index contributed by atoms with van der Waals surface area (Å²) < 4.78 is 0. The fourth-order valence-electron chi connectivity index (χ4n) is 2.65. The highest BCUT2D eigenvalue weighted by atomic mass is 35.5. The predicted molar refractivity (Wildman–Crippen MR) is 98.2 cm³/mol. The molecule has 2 atom stereocenters. The molecule has 1 unspecified atom stereocenters. The molecule has 0 bridgehead atoms. The molecule has 1 aliphatic heterocycles. The first-order chi connectivity index (χ1) is 9.86. The molecule has 1 fully saturated rings. The zero-order valence-electron chi connectivity index (χ0n) is 14.6. The zero-order valence-corrected chi connectivity index (χ0v) is 16.2. The lowest BCUT2D eigenvalue weighted by atomic mass is 10.1. The monoisotopic (exact) mass is 370 g/mol. The van der Waals surface area contributed by atoms with Gasteiger partial charge < -0.3 is 16.0 Å². The van der Waals surface area contributed by atoms with E-state index in [-0.39, 0.29) is 49.1 Å². The number of carbonyl (C=O) groups excluding carboxylic acids is 2. The van der Waals surface area contributed by atoms with E-state index in [1.54, 1.807) is 11.9 Å². The van der Waals surface area contributed by atoms with Crippen molar-refractivity contribution in [1.29, 1.82) is 0 Å². The summed E-state index contributed by atoms with van der Waals surface area (Å²) in [4.78, 5) is 27.9. The molecule has 1 aliphatic rings. The van der Waals surface area contributed by atoms with Crippen LogP contribution < -0.4 is 11.1 Å². The van der Waals surface area contributed by atoms with Crippen molar-refractivity contribution in [2.75, 3.05) is 33.2 Å². The molecule has 0 saturated carbocycles. The molecular weight excluding hydrogens is 339 g/mol. The van der Waals surface area contributed by atoms with Crippen molar-refractivity contribution in [1.82, 2.24) is 15.1 Å². The van der Waals surface area contributed by atoms with Gasteiger partial charge in [-0.3, -0.25) is 14.5 Å². The predicted octanol–water partition coefficient (Wildman–Crippen LogP) is 0.872. The lowest BCUT2D eigenvalue weighted by Gasteiger charge is -2.28. The minimum absolute atomic E-state index is 0. The van der Waals surface area contributed by atoms with Crippen molar-refractivity contribution in [3.63, 3.8) is 0 Å². The minimum Gasteiger partial charge on any atom is -0.346 e. The molecule has 0 aromatic heterocycles. The van der Waals surface area contributed by atoms with E-state index in [1.165, 1.54) is 6.42 Å². The van der Waals surface area contributed by atoms with E-state index >= 15 is 0 Å².